The van der Waals surface area contributed by atoms with Gasteiger partial charge >= 0.3 is 0 Å². The number of aromatic nitrogens is 1. The lowest BCUT2D eigenvalue weighted by Gasteiger charge is -2.20. The Hall–Kier alpha value is -2.88. The maximum absolute atomic E-state index is 13.3. The van der Waals surface area contributed by atoms with Crippen LogP contribution in [0.15, 0.2) is 59.0 Å². The van der Waals surface area contributed by atoms with Gasteiger partial charge in [-0.1, -0.05) is 62.4 Å². The van der Waals surface area contributed by atoms with E-state index in [1.165, 1.54) is 0 Å². The third-order valence-electron chi connectivity index (χ3n) is 4.52. The largest absolute Gasteiger partial charge is 0.435 e. The summed E-state index contributed by atoms with van der Waals surface area (Å²) in [4.78, 5) is 19.8. The maximum Gasteiger partial charge on any atom is 0.276 e. The highest BCUT2D eigenvalue weighted by Crippen LogP contribution is 2.32. The molecule has 4 heteroatoms. The van der Waals surface area contributed by atoms with Gasteiger partial charge < -0.3 is 9.32 Å². The van der Waals surface area contributed by atoms with E-state index in [4.69, 9.17) is 4.42 Å². The molecule has 27 heavy (non-hydrogen) atoms. The first-order valence-electron chi connectivity index (χ1n) is 9.57. The van der Waals surface area contributed by atoms with Gasteiger partial charge in [0.15, 0.2) is 11.5 Å². The van der Waals surface area contributed by atoms with Crippen LogP contribution in [0.4, 0.5) is 0 Å². The van der Waals surface area contributed by atoms with Crippen LogP contribution in [0.2, 0.25) is 0 Å². The monoisotopic (exact) mass is 362 g/mol. The number of oxazole rings is 1. The lowest BCUT2D eigenvalue weighted by Crippen LogP contribution is -2.33. The Bertz CT molecular complexity index is 894. The molecular weight excluding hydrogens is 336 g/mol. The molecule has 0 fully saturated rings. The highest BCUT2D eigenvalue weighted by molar-refractivity contribution is 5.98. The third kappa shape index (κ3) is 4.11. The molecule has 1 heterocycles. The lowest BCUT2D eigenvalue weighted by atomic mass is 10.1. The summed E-state index contributed by atoms with van der Waals surface area (Å²) < 4.78 is 6.14. The van der Waals surface area contributed by atoms with Crippen LogP contribution in [0.5, 0.6) is 0 Å². The molecule has 3 aromatic rings. The molecule has 0 unspecified atom stereocenters. The minimum atomic E-state index is -0.0684. The third-order valence-corrected chi connectivity index (χ3v) is 4.52. The highest BCUT2D eigenvalue weighted by Gasteiger charge is 2.26. The number of nitrogens with zero attached hydrogens (tertiary/aromatic N) is 2. The maximum atomic E-state index is 13.3. The number of amides is 1. The van der Waals surface area contributed by atoms with Gasteiger partial charge in [0.2, 0.25) is 5.89 Å². The van der Waals surface area contributed by atoms with Gasteiger partial charge in [0.05, 0.1) is 0 Å². The van der Waals surface area contributed by atoms with Gasteiger partial charge in [-0.15, -0.1) is 0 Å². The Morgan fingerprint density at radius 1 is 0.963 bits per heavy atom. The summed E-state index contributed by atoms with van der Waals surface area (Å²) >= 11 is 0. The van der Waals surface area contributed by atoms with E-state index in [2.05, 4.69) is 18.8 Å². The number of carbonyl (C=O) groups is 1. The number of aryl methyl sites for hydroxylation is 1. The molecule has 0 N–H and O–H groups in total. The van der Waals surface area contributed by atoms with Gasteiger partial charge in [0.25, 0.3) is 5.91 Å². The first kappa shape index (κ1) is 18.9. The van der Waals surface area contributed by atoms with E-state index in [-0.39, 0.29) is 5.91 Å². The Labute approximate surface area is 160 Å². The van der Waals surface area contributed by atoms with E-state index < -0.39 is 0 Å². The van der Waals surface area contributed by atoms with Crippen LogP contribution in [-0.4, -0.2) is 28.9 Å². The first-order chi connectivity index (χ1) is 13.2. The highest BCUT2D eigenvalue weighted by atomic mass is 16.4. The smallest absolute Gasteiger partial charge is 0.276 e. The molecule has 3 rings (SSSR count). The Morgan fingerprint density at radius 2 is 1.59 bits per heavy atom. The molecule has 0 bridgehead atoms. The zero-order valence-electron chi connectivity index (χ0n) is 16.2. The van der Waals surface area contributed by atoms with E-state index in [1.807, 2.05) is 66.4 Å². The average Bonchev–Trinajstić information content (AvgIpc) is 3.13. The van der Waals surface area contributed by atoms with Crippen LogP contribution in [0.3, 0.4) is 0 Å². The van der Waals surface area contributed by atoms with E-state index in [9.17, 15) is 4.79 Å². The first-order valence-corrected chi connectivity index (χ1v) is 9.57. The number of hydrogen-bond donors (Lipinski definition) is 0. The van der Waals surface area contributed by atoms with Crippen molar-refractivity contribution in [1.82, 2.24) is 9.88 Å². The van der Waals surface area contributed by atoms with Crippen molar-refractivity contribution < 1.29 is 9.21 Å². The molecule has 0 aliphatic carbocycles. The molecule has 140 valence electrons. The second kappa shape index (κ2) is 8.67. The molecule has 2 aromatic carbocycles. The molecule has 0 aliphatic heterocycles. The van der Waals surface area contributed by atoms with Crippen LogP contribution in [-0.2, 0) is 0 Å². The molecule has 0 saturated heterocycles. The fourth-order valence-corrected chi connectivity index (χ4v) is 3.18. The van der Waals surface area contributed by atoms with E-state index in [0.29, 0.717) is 30.4 Å². The minimum Gasteiger partial charge on any atom is -0.435 e. The van der Waals surface area contributed by atoms with Gasteiger partial charge in [0.1, 0.15) is 0 Å². The Kier molecular flexibility index (Phi) is 6.07. The number of rotatable bonds is 7. The van der Waals surface area contributed by atoms with Crippen molar-refractivity contribution in [2.75, 3.05) is 13.1 Å². The fraction of sp³-hybridized carbons (Fsp3) is 0.304. The summed E-state index contributed by atoms with van der Waals surface area (Å²) in [7, 11) is 0. The van der Waals surface area contributed by atoms with E-state index in [0.717, 1.165) is 29.5 Å². The van der Waals surface area contributed by atoms with Crippen LogP contribution < -0.4 is 0 Å². The summed E-state index contributed by atoms with van der Waals surface area (Å²) in [5.74, 6) is 0.959. The second-order valence-electron chi connectivity index (χ2n) is 6.67. The topological polar surface area (TPSA) is 46.3 Å². The molecule has 1 aromatic heterocycles. The molecule has 0 atom stereocenters. The molecule has 1 amide bonds. The van der Waals surface area contributed by atoms with Crippen LogP contribution in [0.1, 0.15) is 42.7 Å². The summed E-state index contributed by atoms with van der Waals surface area (Å²) in [5.41, 5.74) is 3.23. The summed E-state index contributed by atoms with van der Waals surface area (Å²) in [6.45, 7) is 7.61. The van der Waals surface area contributed by atoms with E-state index in [1.54, 1.807) is 0 Å². The molecular formula is C23H26N2O2. The number of hydrogen-bond acceptors (Lipinski definition) is 3. The number of benzene rings is 2. The molecule has 0 spiro atoms. The van der Waals surface area contributed by atoms with Crippen molar-refractivity contribution in [3.63, 3.8) is 0 Å². The van der Waals surface area contributed by atoms with Crippen LogP contribution >= 0.6 is 0 Å². The van der Waals surface area contributed by atoms with Crippen LogP contribution in [0.25, 0.3) is 22.8 Å². The van der Waals surface area contributed by atoms with Crippen molar-refractivity contribution >= 4 is 5.91 Å². The summed E-state index contributed by atoms with van der Waals surface area (Å²) in [5, 5.41) is 0. The van der Waals surface area contributed by atoms with Gasteiger partial charge in [-0.2, -0.15) is 0 Å². The average molecular weight is 362 g/mol. The normalized spacial score (nSPS) is 10.8. The standard InChI is InChI=1S/C23H26N2O2/c1-4-15-25(16-5-2)23(26)20-21(18-12-7-6-8-13-18)27-22(24-20)19-14-10-9-11-17(19)3/h6-14H,4-5,15-16H2,1-3H3. The van der Waals surface area contributed by atoms with Gasteiger partial charge in [-0.05, 0) is 31.4 Å². The Balaban J connectivity index is 2.11. The van der Waals surface area contributed by atoms with Crippen molar-refractivity contribution in [1.29, 1.82) is 0 Å². The molecule has 0 saturated carbocycles. The predicted octanol–water partition coefficient (Wildman–Crippen LogP) is 5.58. The van der Waals surface area contributed by atoms with E-state index >= 15 is 0 Å². The summed E-state index contributed by atoms with van der Waals surface area (Å²) in [6.07, 6.45) is 1.82. The van der Waals surface area contributed by atoms with Crippen molar-refractivity contribution in [2.24, 2.45) is 0 Å². The molecule has 4 nitrogen and oxygen atoms in total. The van der Waals surface area contributed by atoms with Gasteiger partial charge in [0, 0.05) is 24.2 Å². The quantitative estimate of drug-likeness (QED) is 0.551. The second-order valence-corrected chi connectivity index (χ2v) is 6.67. The predicted molar refractivity (Wildman–Crippen MR) is 109 cm³/mol. The van der Waals surface area contributed by atoms with Crippen LogP contribution in [0, 0.1) is 6.92 Å². The zero-order valence-corrected chi connectivity index (χ0v) is 16.2. The van der Waals surface area contributed by atoms with Crippen molar-refractivity contribution in [3.8, 4) is 22.8 Å². The zero-order chi connectivity index (χ0) is 19.2. The fourth-order valence-electron chi connectivity index (χ4n) is 3.18. The molecule has 0 radical (unpaired) electrons. The van der Waals surface area contributed by atoms with Gasteiger partial charge in [-0.3, -0.25) is 4.79 Å². The summed E-state index contributed by atoms with van der Waals surface area (Å²) in [6, 6.07) is 17.7. The van der Waals surface area contributed by atoms with Crippen molar-refractivity contribution in [3.05, 3.63) is 65.9 Å². The lowest BCUT2D eigenvalue weighted by molar-refractivity contribution is 0.0750. The van der Waals surface area contributed by atoms with Crippen molar-refractivity contribution in [2.45, 2.75) is 33.6 Å². The molecule has 0 aliphatic rings. The minimum absolute atomic E-state index is 0.0684. The SMILES string of the molecule is CCCN(CCC)C(=O)c1nc(-c2ccccc2C)oc1-c1ccccc1. The Morgan fingerprint density at radius 3 is 2.22 bits per heavy atom. The number of carbonyl (C=O) groups excluding carboxylic acids is 1. The van der Waals surface area contributed by atoms with Gasteiger partial charge in [-0.25, -0.2) is 4.98 Å².